The summed E-state index contributed by atoms with van der Waals surface area (Å²) in [5.74, 6) is -0.539. The van der Waals surface area contributed by atoms with Crippen LogP contribution >= 0.6 is 0 Å². The number of hydrogen-bond acceptors (Lipinski definition) is 5. The standard InChI is InChI=1S/C27H31N3O5S/c1-19-10-16-23(17-11-19)36(33,34)30-22-14-12-21(13-15-22)28-26(32)29-24(25(31)35-27(2,3)4)18-20-8-6-5-7-9-20/h5-17,24,30H,18H2,1-4H3,(H2,28,29,32)/t24-/m0/s1. The van der Waals surface area contributed by atoms with Crippen LogP contribution in [-0.4, -0.2) is 32.1 Å². The molecule has 0 radical (unpaired) electrons. The van der Waals surface area contributed by atoms with Crippen molar-refractivity contribution < 1.29 is 22.7 Å². The van der Waals surface area contributed by atoms with Crippen molar-refractivity contribution in [2.24, 2.45) is 0 Å². The number of ether oxygens (including phenoxy) is 1. The fourth-order valence-corrected chi connectivity index (χ4v) is 4.35. The Balaban J connectivity index is 1.65. The Hall–Kier alpha value is -3.85. The molecule has 3 aromatic rings. The number of carbonyl (C=O) groups excluding carboxylic acids is 2. The molecule has 0 saturated carbocycles. The summed E-state index contributed by atoms with van der Waals surface area (Å²) in [5.41, 5.74) is 1.90. The van der Waals surface area contributed by atoms with Gasteiger partial charge in [0.05, 0.1) is 4.90 Å². The second-order valence-electron chi connectivity index (χ2n) is 9.37. The van der Waals surface area contributed by atoms with E-state index in [1.54, 1.807) is 45.0 Å². The minimum Gasteiger partial charge on any atom is -0.458 e. The van der Waals surface area contributed by atoms with Gasteiger partial charge in [0.25, 0.3) is 10.0 Å². The van der Waals surface area contributed by atoms with Crippen LogP contribution in [0.15, 0.2) is 83.8 Å². The number of sulfonamides is 1. The molecule has 190 valence electrons. The Kier molecular flexibility index (Phi) is 8.37. The summed E-state index contributed by atoms with van der Waals surface area (Å²) in [6.07, 6.45) is 0.267. The van der Waals surface area contributed by atoms with E-state index in [4.69, 9.17) is 4.74 Å². The van der Waals surface area contributed by atoms with E-state index < -0.39 is 33.7 Å². The zero-order valence-corrected chi connectivity index (χ0v) is 21.6. The van der Waals surface area contributed by atoms with Crippen LogP contribution in [0.2, 0.25) is 0 Å². The lowest BCUT2D eigenvalue weighted by Gasteiger charge is -2.24. The molecule has 3 aromatic carbocycles. The number of esters is 1. The summed E-state index contributed by atoms with van der Waals surface area (Å²) in [5, 5.41) is 5.35. The van der Waals surface area contributed by atoms with Crippen LogP contribution in [0.25, 0.3) is 0 Å². The first kappa shape index (κ1) is 26.7. The highest BCUT2D eigenvalue weighted by molar-refractivity contribution is 7.92. The summed E-state index contributed by atoms with van der Waals surface area (Å²) in [7, 11) is -3.74. The van der Waals surface area contributed by atoms with E-state index in [0.717, 1.165) is 11.1 Å². The van der Waals surface area contributed by atoms with Gasteiger partial charge in [-0.05, 0) is 69.7 Å². The highest BCUT2D eigenvalue weighted by atomic mass is 32.2. The number of amides is 2. The predicted octanol–water partition coefficient (Wildman–Crippen LogP) is 4.87. The molecule has 0 aliphatic rings. The second kappa shape index (κ2) is 11.3. The van der Waals surface area contributed by atoms with Gasteiger partial charge in [-0.3, -0.25) is 4.72 Å². The first-order chi connectivity index (χ1) is 16.9. The van der Waals surface area contributed by atoms with Crippen LogP contribution in [0.4, 0.5) is 16.2 Å². The summed E-state index contributed by atoms with van der Waals surface area (Å²) in [6, 6.07) is 20.6. The molecule has 9 heteroatoms. The average molecular weight is 510 g/mol. The zero-order valence-electron chi connectivity index (χ0n) is 20.7. The van der Waals surface area contributed by atoms with Crippen molar-refractivity contribution in [3.63, 3.8) is 0 Å². The normalized spacial score (nSPS) is 12.3. The van der Waals surface area contributed by atoms with E-state index in [9.17, 15) is 18.0 Å². The van der Waals surface area contributed by atoms with Gasteiger partial charge in [-0.25, -0.2) is 18.0 Å². The molecule has 3 N–H and O–H groups in total. The Bertz CT molecular complexity index is 1280. The summed E-state index contributed by atoms with van der Waals surface area (Å²) < 4.78 is 33.1. The first-order valence-electron chi connectivity index (χ1n) is 11.5. The van der Waals surface area contributed by atoms with Crippen LogP contribution < -0.4 is 15.4 Å². The number of rotatable bonds is 8. The lowest BCUT2D eigenvalue weighted by molar-refractivity contribution is -0.157. The highest BCUT2D eigenvalue weighted by Crippen LogP contribution is 2.19. The number of anilines is 2. The van der Waals surface area contributed by atoms with Crippen LogP contribution in [-0.2, 0) is 26.0 Å². The van der Waals surface area contributed by atoms with Crippen molar-refractivity contribution in [1.82, 2.24) is 5.32 Å². The molecule has 0 fully saturated rings. The van der Waals surface area contributed by atoms with E-state index in [2.05, 4.69) is 15.4 Å². The molecular formula is C27H31N3O5S. The average Bonchev–Trinajstić information content (AvgIpc) is 2.79. The van der Waals surface area contributed by atoms with Gasteiger partial charge in [-0.1, -0.05) is 48.0 Å². The number of benzene rings is 3. The number of carbonyl (C=O) groups is 2. The van der Waals surface area contributed by atoms with E-state index in [-0.39, 0.29) is 11.3 Å². The molecule has 0 saturated heterocycles. The minimum atomic E-state index is -3.74. The SMILES string of the molecule is Cc1ccc(S(=O)(=O)Nc2ccc(NC(=O)N[C@@H](Cc3ccccc3)C(=O)OC(C)(C)C)cc2)cc1. The topological polar surface area (TPSA) is 114 Å². The van der Waals surface area contributed by atoms with Crippen molar-refractivity contribution in [2.75, 3.05) is 10.0 Å². The maximum absolute atomic E-state index is 12.7. The molecule has 0 bridgehead atoms. The molecule has 0 aliphatic heterocycles. The predicted molar refractivity (Wildman–Crippen MR) is 140 cm³/mol. The molecular weight excluding hydrogens is 478 g/mol. The quantitative estimate of drug-likeness (QED) is 0.375. The first-order valence-corrected chi connectivity index (χ1v) is 12.9. The monoisotopic (exact) mass is 509 g/mol. The molecule has 2 amide bonds. The molecule has 0 unspecified atom stereocenters. The lowest BCUT2D eigenvalue weighted by atomic mass is 10.1. The van der Waals surface area contributed by atoms with Crippen LogP contribution in [0.5, 0.6) is 0 Å². The molecule has 0 aromatic heterocycles. The van der Waals surface area contributed by atoms with Gasteiger partial charge >= 0.3 is 12.0 Å². The van der Waals surface area contributed by atoms with Crippen molar-refractivity contribution in [3.8, 4) is 0 Å². The highest BCUT2D eigenvalue weighted by Gasteiger charge is 2.27. The van der Waals surface area contributed by atoms with Crippen LogP contribution in [0, 0.1) is 6.92 Å². The molecule has 1 atom stereocenters. The third-order valence-electron chi connectivity index (χ3n) is 5.01. The van der Waals surface area contributed by atoms with Gasteiger partial charge in [0.15, 0.2) is 0 Å². The van der Waals surface area contributed by atoms with E-state index in [1.807, 2.05) is 37.3 Å². The van der Waals surface area contributed by atoms with E-state index >= 15 is 0 Å². The number of urea groups is 1. The maximum atomic E-state index is 12.7. The fourth-order valence-electron chi connectivity index (χ4n) is 3.29. The van der Waals surface area contributed by atoms with Gasteiger partial charge in [0.2, 0.25) is 0 Å². The Morgan fingerprint density at radius 3 is 2.03 bits per heavy atom. The van der Waals surface area contributed by atoms with Gasteiger partial charge in [0, 0.05) is 17.8 Å². The van der Waals surface area contributed by atoms with Gasteiger partial charge in [-0.2, -0.15) is 0 Å². The van der Waals surface area contributed by atoms with Gasteiger partial charge in [0.1, 0.15) is 11.6 Å². The molecule has 0 aliphatic carbocycles. The Morgan fingerprint density at radius 1 is 0.861 bits per heavy atom. The van der Waals surface area contributed by atoms with Crippen molar-refractivity contribution in [2.45, 2.75) is 50.7 Å². The molecule has 36 heavy (non-hydrogen) atoms. The second-order valence-corrected chi connectivity index (χ2v) is 11.1. The van der Waals surface area contributed by atoms with Gasteiger partial charge < -0.3 is 15.4 Å². The third-order valence-corrected chi connectivity index (χ3v) is 6.40. The van der Waals surface area contributed by atoms with Crippen LogP contribution in [0.1, 0.15) is 31.9 Å². The lowest BCUT2D eigenvalue weighted by Crippen LogP contribution is -2.47. The van der Waals surface area contributed by atoms with Crippen LogP contribution in [0.3, 0.4) is 0 Å². The largest absolute Gasteiger partial charge is 0.458 e. The smallest absolute Gasteiger partial charge is 0.329 e. The van der Waals surface area contributed by atoms with Crippen molar-refractivity contribution in [1.29, 1.82) is 0 Å². The minimum absolute atomic E-state index is 0.154. The van der Waals surface area contributed by atoms with Crippen molar-refractivity contribution >= 4 is 33.4 Å². The summed E-state index contributed by atoms with van der Waals surface area (Å²) in [6.45, 7) is 7.17. The van der Waals surface area contributed by atoms with Crippen molar-refractivity contribution in [3.05, 3.63) is 90.0 Å². The Labute approximate surface area is 212 Å². The number of hydrogen-bond donors (Lipinski definition) is 3. The zero-order chi connectivity index (χ0) is 26.3. The number of nitrogens with one attached hydrogen (secondary N) is 3. The Morgan fingerprint density at radius 2 is 1.44 bits per heavy atom. The summed E-state index contributed by atoms with van der Waals surface area (Å²) in [4.78, 5) is 25.6. The third kappa shape index (κ3) is 8.13. The summed E-state index contributed by atoms with van der Waals surface area (Å²) >= 11 is 0. The fraction of sp³-hybridized carbons (Fsp3) is 0.259. The number of aryl methyl sites for hydroxylation is 1. The maximum Gasteiger partial charge on any atom is 0.329 e. The molecule has 3 rings (SSSR count). The van der Waals surface area contributed by atoms with E-state index in [0.29, 0.717) is 11.4 Å². The van der Waals surface area contributed by atoms with Gasteiger partial charge in [-0.15, -0.1) is 0 Å². The molecule has 0 heterocycles. The van der Waals surface area contributed by atoms with E-state index in [1.165, 1.54) is 24.3 Å². The molecule has 0 spiro atoms. The molecule has 8 nitrogen and oxygen atoms in total.